The van der Waals surface area contributed by atoms with Crippen molar-refractivity contribution in [1.82, 2.24) is 19.9 Å². The maximum absolute atomic E-state index is 12.3. The Kier molecular flexibility index (Phi) is 3.81. The Morgan fingerprint density at radius 1 is 1.28 bits per heavy atom. The Morgan fingerprint density at radius 2 is 2.08 bits per heavy atom. The van der Waals surface area contributed by atoms with E-state index >= 15 is 0 Å². The van der Waals surface area contributed by atoms with Crippen LogP contribution in [0.4, 0.5) is 11.8 Å². The third-order valence-corrected chi connectivity index (χ3v) is 4.52. The van der Waals surface area contributed by atoms with Crippen LogP contribution in [0.25, 0.3) is 22.0 Å². The summed E-state index contributed by atoms with van der Waals surface area (Å²) in [6, 6.07) is 3.51. The van der Waals surface area contributed by atoms with Gasteiger partial charge in [0.05, 0.1) is 23.2 Å². The number of H-pyrrole nitrogens is 1. The zero-order valence-corrected chi connectivity index (χ0v) is 13.4. The van der Waals surface area contributed by atoms with Crippen molar-refractivity contribution in [2.45, 2.75) is 31.4 Å². The summed E-state index contributed by atoms with van der Waals surface area (Å²) < 4.78 is 0. The molecule has 25 heavy (non-hydrogen) atoms. The van der Waals surface area contributed by atoms with Gasteiger partial charge in [0.25, 0.3) is 5.56 Å². The quantitative estimate of drug-likeness (QED) is 0.566. The Labute approximate surface area is 143 Å². The number of rotatable bonds is 3. The number of anilines is 2. The van der Waals surface area contributed by atoms with Crippen LogP contribution < -0.4 is 16.6 Å². The summed E-state index contributed by atoms with van der Waals surface area (Å²) in [6.07, 6.45) is 6.88. The molecule has 1 saturated carbocycles. The molecular formula is C17H18N6O2. The second kappa shape index (κ2) is 6.14. The van der Waals surface area contributed by atoms with Crippen molar-refractivity contribution in [1.29, 1.82) is 0 Å². The minimum atomic E-state index is -0.442. The van der Waals surface area contributed by atoms with Gasteiger partial charge in [-0.05, 0) is 36.8 Å². The number of hydrogen-bond donors (Lipinski definition) is 4. The maximum atomic E-state index is 12.3. The summed E-state index contributed by atoms with van der Waals surface area (Å²) in [5.41, 5.74) is 6.65. The highest BCUT2D eigenvalue weighted by molar-refractivity contribution is 5.93. The van der Waals surface area contributed by atoms with Crippen LogP contribution in [-0.4, -0.2) is 37.2 Å². The molecule has 5 N–H and O–H groups in total. The lowest BCUT2D eigenvalue weighted by Gasteiger charge is -2.19. The first-order valence-corrected chi connectivity index (χ1v) is 8.17. The Hall–Kier alpha value is -3.00. The highest BCUT2D eigenvalue weighted by Gasteiger charge is 2.26. The summed E-state index contributed by atoms with van der Waals surface area (Å²) >= 11 is 0. The number of pyridine rings is 2. The van der Waals surface area contributed by atoms with Crippen LogP contribution in [0.1, 0.15) is 19.3 Å². The van der Waals surface area contributed by atoms with Crippen LogP contribution in [0.5, 0.6) is 0 Å². The van der Waals surface area contributed by atoms with Gasteiger partial charge >= 0.3 is 0 Å². The third-order valence-electron chi connectivity index (χ3n) is 4.52. The molecule has 1 fully saturated rings. The topological polar surface area (TPSA) is 130 Å². The van der Waals surface area contributed by atoms with Crippen molar-refractivity contribution >= 4 is 22.5 Å². The van der Waals surface area contributed by atoms with Gasteiger partial charge in [-0.3, -0.25) is 4.79 Å². The lowest BCUT2D eigenvalue weighted by atomic mass is 10.1. The van der Waals surface area contributed by atoms with Crippen molar-refractivity contribution in [2.24, 2.45) is 0 Å². The van der Waals surface area contributed by atoms with Gasteiger partial charge in [-0.25, -0.2) is 15.0 Å². The van der Waals surface area contributed by atoms with Crippen LogP contribution in [-0.2, 0) is 0 Å². The minimum Gasteiger partial charge on any atom is -0.391 e. The standard InChI is InChI=1S/C17H18N6O2/c18-17-20-7-10(8-21-17)12-6-9-4-5-19-16(25)14(9)15(23-12)22-11-2-1-3-13(11)24/h4-8,11,13,24H,1-3H2,(H,19,25)(H,22,23)(H2,18,20,21)/t11-,13-/m1/s1. The summed E-state index contributed by atoms with van der Waals surface area (Å²) in [6.45, 7) is 0. The molecule has 128 valence electrons. The van der Waals surface area contributed by atoms with Gasteiger partial charge in [-0.15, -0.1) is 0 Å². The van der Waals surface area contributed by atoms with Gasteiger partial charge in [-0.1, -0.05) is 0 Å². The molecule has 3 heterocycles. The number of aliphatic hydroxyl groups is 1. The highest BCUT2D eigenvalue weighted by atomic mass is 16.3. The molecule has 0 spiro atoms. The first-order valence-electron chi connectivity index (χ1n) is 8.17. The van der Waals surface area contributed by atoms with E-state index in [1.165, 1.54) is 0 Å². The van der Waals surface area contributed by atoms with E-state index in [0.29, 0.717) is 22.5 Å². The smallest absolute Gasteiger partial charge is 0.259 e. The van der Waals surface area contributed by atoms with E-state index in [9.17, 15) is 9.90 Å². The summed E-state index contributed by atoms with van der Waals surface area (Å²) in [7, 11) is 0. The van der Waals surface area contributed by atoms with Gasteiger partial charge in [0.1, 0.15) is 5.82 Å². The number of nitrogens with two attached hydrogens (primary N) is 1. The van der Waals surface area contributed by atoms with Crippen LogP contribution in [0, 0.1) is 0 Å². The number of aliphatic hydroxyl groups excluding tert-OH is 1. The van der Waals surface area contributed by atoms with Gasteiger partial charge in [0.15, 0.2) is 0 Å². The molecule has 1 aliphatic rings. The molecule has 0 aromatic carbocycles. The number of aromatic nitrogens is 4. The van der Waals surface area contributed by atoms with Gasteiger partial charge in [0.2, 0.25) is 5.95 Å². The second-order valence-corrected chi connectivity index (χ2v) is 6.21. The van der Waals surface area contributed by atoms with E-state index in [-0.39, 0.29) is 17.5 Å². The molecule has 1 aliphatic carbocycles. The lowest BCUT2D eigenvalue weighted by molar-refractivity contribution is 0.171. The molecule has 4 rings (SSSR count). The van der Waals surface area contributed by atoms with E-state index in [0.717, 1.165) is 24.6 Å². The molecule has 0 amide bonds. The third kappa shape index (κ3) is 2.91. The maximum Gasteiger partial charge on any atom is 0.259 e. The Morgan fingerprint density at radius 3 is 2.80 bits per heavy atom. The van der Waals surface area contributed by atoms with Crippen molar-refractivity contribution in [2.75, 3.05) is 11.1 Å². The molecular weight excluding hydrogens is 320 g/mol. The number of hydrogen-bond acceptors (Lipinski definition) is 7. The monoisotopic (exact) mass is 338 g/mol. The van der Waals surface area contributed by atoms with Crippen molar-refractivity contribution < 1.29 is 5.11 Å². The van der Waals surface area contributed by atoms with E-state index in [4.69, 9.17) is 5.73 Å². The van der Waals surface area contributed by atoms with Crippen LogP contribution in [0.2, 0.25) is 0 Å². The highest BCUT2D eigenvalue weighted by Crippen LogP contribution is 2.28. The van der Waals surface area contributed by atoms with Gasteiger partial charge in [0, 0.05) is 24.2 Å². The molecule has 0 radical (unpaired) electrons. The fraction of sp³-hybridized carbons (Fsp3) is 0.294. The SMILES string of the molecule is Nc1ncc(-c2cc3cc[nH]c(=O)c3c(N[C@@H]3CCC[C@H]3O)n2)cn1. The Balaban J connectivity index is 1.86. The lowest BCUT2D eigenvalue weighted by Crippen LogP contribution is -2.29. The van der Waals surface area contributed by atoms with Crippen LogP contribution in [0.15, 0.2) is 35.5 Å². The Bertz CT molecular complexity index is 969. The average molecular weight is 338 g/mol. The summed E-state index contributed by atoms with van der Waals surface area (Å²) in [5, 5.41) is 14.6. The fourth-order valence-electron chi connectivity index (χ4n) is 3.22. The number of fused-ring (bicyclic) bond motifs is 1. The largest absolute Gasteiger partial charge is 0.391 e. The van der Waals surface area contributed by atoms with Crippen LogP contribution in [0.3, 0.4) is 0 Å². The van der Waals surface area contributed by atoms with E-state index in [1.807, 2.05) is 12.1 Å². The predicted molar refractivity (Wildman–Crippen MR) is 95.1 cm³/mol. The molecule has 0 bridgehead atoms. The minimum absolute atomic E-state index is 0.117. The summed E-state index contributed by atoms with van der Waals surface area (Å²) in [5.74, 6) is 0.644. The zero-order valence-electron chi connectivity index (χ0n) is 13.4. The zero-order chi connectivity index (χ0) is 17.4. The molecule has 0 unspecified atom stereocenters. The summed E-state index contributed by atoms with van der Waals surface area (Å²) in [4.78, 5) is 27.6. The molecule has 3 aromatic heterocycles. The molecule has 0 aliphatic heterocycles. The molecule has 8 nitrogen and oxygen atoms in total. The van der Waals surface area contributed by atoms with E-state index in [1.54, 1.807) is 18.6 Å². The van der Waals surface area contributed by atoms with Crippen molar-refractivity contribution in [3.63, 3.8) is 0 Å². The second-order valence-electron chi connectivity index (χ2n) is 6.21. The van der Waals surface area contributed by atoms with Crippen molar-refractivity contribution in [3.05, 3.63) is 41.1 Å². The number of nitrogens with zero attached hydrogens (tertiary/aromatic N) is 3. The number of aromatic amines is 1. The average Bonchev–Trinajstić information content (AvgIpc) is 3.00. The van der Waals surface area contributed by atoms with Crippen LogP contribution >= 0.6 is 0 Å². The molecule has 3 aromatic rings. The predicted octanol–water partition coefficient (Wildman–Crippen LogP) is 1.29. The van der Waals surface area contributed by atoms with Gasteiger partial charge < -0.3 is 21.1 Å². The first-order chi connectivity index (χ1) is 12.1. The molecule has 8 heteroatoms. The van der Waals surface area contributed by atoms with Gasteiger partial charge in [-0.2, -0.15) is 0 Å². The van der Waals surface area contributed by atoms with Crippen molar-refractivity contribution in [3.8, 4) is 11.3 Å². The fourth-order valence-corrected chi connectivity index (χ4v) is 3.22. The molecule has 0 saturated heterocycles. The molecule has 2 atom stereocenters. The van der Waals surface area contributed by atoms with E-state index in [2.05, 4.69) is 25.3 Å². The normalized spacial score (nSPS) is 20.0. The number of nitrogen functional groups attached to an aromatic ring is 1. The number of nitrogens with one attached hydrogen (secondary N) is 2. The van der Waals surface area contributed by atoms with E-state index < -0.39 is 6.10 Å². The first kappa shape index (κ1) is 15.5.